The lowest BCUT2D eigenvalue weighted by molar-refractivity contribution is -0.126. The van der Waals surface area contributed by atoms with Crippen LogP contribution in [-0.4, -0.2) is 17.9 Å². The zero-order valence-corrected chi connectivity index (χ0v) is 17.5. The predicted molar refractivity (Wildman–Crippen MR) is 118 cm³/mol. The quantitative estimate of drug-likeness (QED) is 0.400. The zero-order chi connectivity index (χ0) is 20.0. The lowest BCUT2D eigenvalue weighted by atomic mass is 9.90. The van der Waals surface area contributed by atoms with Crippen LogP contribution in [0, 0.1) is 9.49 Å². The molecule has 3 aromatic rings. The highest BCUT2D eigenvalue weighted by molar-refractivity contribution is 14.1. The molecule has 144 valence electrons. The molecule has 3 atom stereocenters. The molecule has 2 aliphatic heterocycles. The van der Waals surface area contributed by atoms with E-state index in [0.717, 1.165) is 14.8 Å². The second-order valence-corrected chi connectivity index (χ2v) is 8.19. The summed E-state index contributed by atoms with van der Waals surface area (Å²) in [6.45, 7) is 0. The fraction of sp³-hybridized carbons (Fsp3) is 0.130. The molecule has 0 N–H and O–H groups in total. The second-order valence-electron chi connectivity index (χ2n) is 7.03. The van der Waals surface area contributed by atoms with Crippen LogP contribution in [0.25, 0.3) is 0 Å². The van der Waals surface area contributed by atoms with Gasteiger partial charge in [-0.15, -0.1) is 0 Å². The van der Waals surface area contributed by atoms with E-state index < -0.39 is 12.0 Å². The number of carbonyl (C=O) groups excluding carboxylic acids is 2. The van der Waals surface area contributed by atoms with Gasteiger partial charge in [-0.1, -0.05) is 60.7 Å². The summed E-state index contributed by atoms with van der Waals surface area (Å²) in [5.74, 6) is -1.15. The number of carbonyl (C=O) groups is 2. The third-order valence-electron chi connectivity index (χ3n) is 5.36. The standard InChI is InChI=1S/C23H17IN2O3/c24-17-13-7-8-14-18(17)25-22(27)19-20(15-9-3-1-4-10-15)26(29-21(19)23(25)28)16-11-5-2-6-12-16/h1-14,19-21H/t19-,20+,21-/m1/s1. The second kappa shape index (κ2) is 7.27. The van der Waals surface area contributed by atoms with Gasteiger partial charge >= 0.3 is 0 Å². The third-order valence-corrected chi connectivity index (χ3v) is 6.27. The van der Waals surface area contributed by atoms with Crippen molar-refractivity contribution in [3.63, 3.8) is 0 Å². The number of amides is 2. The summed E-state index contributed by atoms with van der Waals surface area (Å²) < 4.78 is 0.850. The number of anilines is 2. The Kier molecular flexibility index (Phi) is 4.60. The van der Waals surface area contributed by atoms with E-state index in [4.69, 9.17) is 4.84 Å². The number of fused-ring (bicyclic) bond motifs is 1. The van der Waals surface area contributed by atoms with Gasteiger partial charge in [0.1, 0.15) is 5.92 Å². The van der Waals surface area contributed by atoms with Crippen LogP contribution >= 0.6 is 22.6 Å². The van der Waals surface area contributed by atoms with Crippen LogP contribution < -0.4 is 9.96 Å². The van der Waals surface area contributed by atoms with Gasteiger partial charge in [0, 0.05) is 3.57 Å². The van der Waals surface area contributed by atoms with Crippen LogP contribution in [-0.2, 0) is 14.4 Å². The van der Waals surface area contributed by atoms with Crippen LogP contribution in [0.5, 0.6) is 0 Å². The van der Waals surface area contributed by atoms with Gasteiger partial charge in [-0.3, -0.25) is 14.4 Å². The number of hydroxylamine groups is 1. The Labute approximate surface area is 182 Å². The molecule has 3 aromatic carbocycles. The zero-order valence-electron chi connectivity index (χ0n) is 15.3. The van der Waals surface area contributed by atoms with E-state index in [9.17, 15) is 9.59 Å². The van der Waals surface area contributed by atoms with E-state index in [1.807, 2.05) is 78.9 Å². The lowest BCUT2D eigenvalue weighted by Crippen LogP contribution is -2.37. The number of imide groups is 1. The number of hydrogen-bond donors (Lipinski definition) is 0. The molecular formula is C23H17IN2O3. The van der Waals surface area contributed by atoms with Crippen LogP contribution in [0.3, 0.4) is 0 Å². The molecule has 0 bridgehead atoms. The van der Waals surface area contributed by atoms with Crippen LogP contribution in [0.2, 0.25) is 0 Å². The molecule has 0 spiro atoms. The topological polar surface area (TPSA) is 49.9 Å². The molecule has 2 aliphatic rings. The Morgan fingerprint density at radius 2 is 1.38 bits per heavy atom. The van der Waals surface area contributed by atoms with Crippen molar-refractivity contribution in [1.29, 1.82) is 0 Å². The minimum atomic E-state index is -0.844. The smallest absolute Gasteiger partial charge is 0.266 e. The van der Waals surface area contributed by atoms with Crippen molar-refractivity contribution in [3.05, 3.63) is 94.1 Å². The van der Waals surface area contributed by atoms with Gasteiger partial charge in [0.05, 0.1) is 17.4 Å². The predicted octanol–water partition coefficient (Wildman–Crippen LogP) is 4.34. The maximum atomic E-state index is 13.5. The highest BCUT2D eigenvalue weighted by atomic mass is 127. The van der Waals surface area contributed by atoms with E-state index in [1.165, 1.54) is 4.90 Å². The van der Waals surface area contributed by atoms with Crippen molar-refractivity contribution in [2.24, 2.45) is 5.92 Å². The van der Waals surface area contributed by atoms with Crippen molar-refractivity contribution in [2.45, 2.75) is 12.1 Å². The summed E-state index contributed by atoms with van der Waals surface area (Å²) >= 11 is 2.15. The van der Waals surface area contributed by atoms with Crippen molar-refractivity contribution < 1.29 is 14.4 Å². The fourth-order valence-corrected chi connectivity index (χ4v) is 4.70. The van der Waals surface area contributed by atoms with Gasteiger partial charge in [-0.25, -0.2) is 9.96 Å². The number of nitrogens with zero attached hydrogens (tertiary/aromatic N) is 2. The number of rotatable bonds is 3. The molecular weight excluding hydrogens is 479 g/mol. The van der Waals surface area contributed by atoms with E-state index >= 15 is 0 Å². The molecule has 6 heteroatoms. The molecule has 2 amide bonds. The molecule has 0 aliphatic carbocycles. The van der Waals surface area contributed by atoms with Gasteiger partial charge in [0.25, 0.3) is 5.91 Å². The first-order valence-electron chi connectivity index (χ1n) is 9.35. The van der Waals surface area contributed by atoms with Crippen molar-refractivity contribution in [1.82, 2.24) is 0 Å². The number of hydrogen-bond acceptors (Lipinski definition) is 4. The van der Waals surface area contributed by atoms with Gasteiger partial charge in [0.15, 0.2) is 6.10 Å². The highest BCUT2D eigenvalue weighted by Crippen LogP contribution is 2.47. The fourth-order valence-electron chi connectivity index (χ4n) is 4.07. The van der Waals surface area contributed by atoms with Gasteiger partial charge in [0.2, 0.25) is 5.91 Å². The van der Waals surface area contributed by atoms with E-state index in [0.29, 0.717) is 5.69 Å². The molecule has 2 heterocycles. The summed E-state index contributed by atoms with van der Waals surface area (Å²) in [5, 5.41) is 1.72. The largest absolute Gasteiger partial charge is 0.273 e. The molecule has 0 unspecified atom stereocenters. The van der Waals surface area contributed by atoms with Crippen molar-refractivity contribution in [2.75, 3.05) is 9.96 Å². The average molecular weight is 496 g/mol. The third kappa shape index (κ3) is 2.94. The van der Waals surface area contributed by atoms with Gasteiger partial charge in [-0.05, 0) is 52.4 Å². The summed E-state index contributed by atoms with van der Waals surface area (Å²) in [5.41, 5.74) is 2.37. The van der Waals surface area contributed by atoms with E-state index in [1.54, 1.807) is 11.1 Å². The minimum absolute atomic E-state index is 0.226. The van der Waals surface area contributed by atoms with Crippen LogP contribution in [0.15, 0.2) is 84.9 Å². The molecule has 5 rings (SSSR count). The first kappa shape index (κ1) is 18.3. The maximum absolute atomic E-state index is 13.5. The van der Waals surface area contributed by atoms with Crippen LogP contribution in [0.4, 0.5) is 11.4 Å². The normalized spacial score (nSPS) is 23.6. The Balaban J connectivity index is 1.60. The Morgan fingerprint density at radius 1 is 0.759 bits per heavy atom. The number of para-hydroxylation sites is 2. The van der Waals surface area contributed by atoms with Gasteiger partial charge in [-0.2, -0.15) is 0 Å². The first-order valence-corrected chi connectivity index (χ1v) is 10.4. The molecule has 0 aromatic heterocycles. The van der Waals surface area contributed by atoms with E-state index in [-0.39, 0.29) is 17.9 Å². The highest BCUT2D eigenvalue weighted by Gasteiger charge is 2.60. The van der Waals surface area contributed by atoms with Crippen molar-refractivity contribution in [3.8, 4) is 0 Å². The molecule has 5 nitrogen and oxygen atoms in total. The van der Waals surface area contributed by atoms with Crippen molar-refractivity contribution >= 4 is 45.8 Å². The Bertz CT molecular complexity index is 1070. The first-order chi connectivity index (χ1) is 14.2. The monoisotopic (exact) mass is 496 g/mol. The molecule has 0 radical (unpaired) electrons. The summed E-state index contributed by atoms with van der Waals surface area (Å²) in [4.78, 5) is 34.2. The van der Waals surface area contributed by atoms with Crippen LogP contribution in [0.1, 0.15) is 11.6 Å². The summed E-state index contributed by atoms with van der Waals surface area (Å²) in [6.07, 6.45) is -0.844. The Morgan fingerprint density at radius 3 is 2.07 bits per heavy atom. The molecule has 2 saturated heterocycles. The molecule has 29 heavy (non-hydrogen) atoms. The summed E-state index contributed by atoms with van der Waals surface area (Å²) in [6, 6.07) is 26.4. The summed E-state index contributed by atoms with van der Waals surface area (Å²) in [7, 11) is 0. The van der Waals surface area contributed by atoms with E-state index in [2.05, 4.69) is 22.6 Å². The maximum Gasteiger partial charge on any atom is 0.266 e. The Hall–Kier alpha value is -2.71. The number of benzene rings is 3. The molecule has 2 fully saturated rings. The van der Waals surface area contributed by atoms with Gasteiger partial charge < -0.3 is 0 Å². The SMILES string of the molecule is O=C1[C@H]2[C@@H](ON(c3ccccc3)[C@H]2c2ccccc2)C(=O)N1c1ccccc1I. The minimum Gasteiger partial charge on any atom is -0.273 e. The molecule has 0 saturated carbocycles. The lowest BCUT2D eigenvalue weighted by Gasteiger charge is -2.28. The average Bonchev–Trinajstić information content (AvgIpc) is 3.26. The number of halogens is 1.